The van der Waals surface area contributed by atoms with Crippen molar-refractivity contribution in [3.63, 3.8) is 0 Å². The molecule has 0 saturated heterocycles. The number of aliphatic hydroxyl groups excluding tert-OH is 1. The predicted octanol–water partition coefficient (Wildman–Crippen LogP) is 2.37. The topological polar surface area (TPSA) is 51.6 Å². The van der Waals surface area contributed by atoms with E-state index in [0.717, 1.165) is 5.75 Å². The Bertz CT molecular complexity index is 454. The Morgan fingerprint density at radius 3 is 2.65 bits per heavy atom. The molecular formula is C13H13NO3. The van der Waals surface area contributed by atoms with Crippen LogP contribution >= 0.6 is 0 Å². The summed E-state index contributed by atoms with van der Waals surface area (Å²) >= 11 is 0. The van der Waals surface area contributed by atoms with Gasteiger partial charge in [0.15, 0.2) is 0 Å². The molecule has 0 unspecified atom stereocenters. The highest BCUT2D eigenvalue weighted by Gasteiger charge is 2.01. The molecular weight excluding hydrogens is 218 g/mol. The fourth-order valence-corrected chi connectivity index (χ4v) is 1.39. The molecule has 0 bridgehead atoms. The molecule has 0 radical (unpaired) electrons. The number of benzene rings is 1. The van der Waals surface area contributed by atoms with Crippen molar-refractivity contribution in [1.82, 2.24) is 4.98 Å². The van der Waals surface area contributed by atoms with Gasteiger partial charge in [-0.3, -0.25) is 0 Å². The van der Waals surface area contributed by atoms with Crippen LogP contribution < -0.4 is 9.47 Å². The van der Waals surface area contributed by atoms with Crippen molar-refractivity contribution >= 4 is 0 Å². The average Bonchev–Trinajstić information content (AvgIpc) is 2.39. The quantitative estimate of drug-likeness (QED) is 0.877. The van der Waals surface area contributed by atoms with Crippen LogP contribution in [-0.4, -0.2) is 17.2 Å². The van der Waals surface area contributed by atoms with Crippen LogP contribution in [0.3, 0.4) is 0 Å². The summed E-state index contributed by atoms with van der Waals surface area (Å²) in [6, 6.07) is 12.5. The molecule has 2 aromatic rings. The molecule has 0 saturated carbocycles. The molecule has 0 spiro atoms. The summed E-state index contributed by atoms with van der Waals surface area (Å²) in [6.45, 7) is -0.102. The van der Waals surface area contributed by atoms with Crippen molar-refractivity contribution < 1.29 is 14.6 Å². The molecule has 4 nitrogen and oxygen atoms in total. The molecule has 0 aliphatic rings. The second kappa shape index (κ2) is 5.32. The van der Waals surface area contributed by atoms with Gasteiger partial charge in [-0.2, -0.15) is 0 Å². The first-order valence-corrected chi connectivity index (χ1v) is 5.20. The highest BCUT2D eigenvalue weighted by molar-refractivity contribution is 5.35. The monoisotopic (exact) mass is 231 g/mol. The first kappa shape index (κ1) is 11.4. The minimum Gasteiger partial charge on any atom is -0.497 e. The van der Waals surface area contributed by atoms with Gasteiger partial charge in [0, 0.05) is 12.1 Å². The summed E-state index contributed by atoms with van der Waals surface area (Å²) in [7, 11) is 1.60. The van der Waals surface area contributed by atoms with E-state index in [4.69, 9.17) is 14.6 Å². The lowest BCUT2D eigenvalue weighted by molar-refractivity contribution is 0.275. The van der Waals surface area contributed by atoms with Gasteiger partial charge in [0.1, 0.15) is 11.5 Å². The lowest BCUT2D eigenvalue weighted by Crippen LogP contribution is -1.93. The largest absolute Gasteiger partial charge is 0.497 e. The van der Waals surface area contributed by atoms with E-state index in [1.807, 2.05) is 18.2 Å². The van der Waals surface area contributed by atoms with Crippen LogP contribution in [0.4, 0.5) is 0 Å². The van der Waals surface area contributed by atoms with Gasteiger partial charge in [-0.15, -0.1) is 0 Å². The number of ether oxygens (including phenoxy) is 2. The SMILES string of the molecule is COc1cccc(Oc2cccc(CO)n2)c1. The second-order valence-corrected chi connectivity index (χ2v) is 3.41. The molecule has 2 rings (SSSR count). The number of hydrogen-bond donors (Lipinski definition) is 1. The fraction of sp³-hybridized carbons (Fsp3) is 0.154. The highest BCUT2D eigenvalue weighted by atomic mass is 16.5. The average molecular weight is 231 g/mol. The van der Waals surface area contributed by atoms with Gasteiger partial charge < -0.3 is 14.6 Å². The van der Waals surface area contributed by atoms with E-state index < -0.39 is 0 Å². The van der Waals surface area contributed by atoms with E-state index in [1.165, 1.54) is 0 Å². The standard InChI is InChI=1S/C13H13NO3/c1-16-11-5-3-6-12(8-11)17-13-7-2-4-10(9-15)14-13/h2-8,15H,9H2,1H3. The number of pyridine rings is 1. The van der Waals surface area contributed by atoms with Crippen LogP contribution in [-0.2, 0) is 6.61 Å². The van der Waals surface area contributed by atoms with E-state index in [-0.39, 0.29) is 6.61 Å². The Morgan fingerprint density at radius 1 is 1.12 bits per heavy atom. The summed E-state index contributed by atoms with van der Waals surface area (Å²) in [6.07, 6.45) is 0. The van der Waals surface area contributed by atoms with E-state index in [0.29, 0.717) is 17.3 Å². The van der Waals surface area contributed by atoms with Crippen molar-refractivity contribution in [2.24, 2.45) is 0 Å². The number of rotatable bonds is 4. The van der Waals surface area contributed by atoms with Gasteiger partial charge in [0.25, 0.3) is 0 Å². The Labute approximate surface area is 99.5 Å². The fourth-order valence-electron chi connectivity index (χ4n) is 1.39. The zero-order valence-electron chi connectivity index (χ0n) is 9.46. The second-order valence-electron chi connectivity index (χ2n) is 3.41. The molecule has 17 heavy (non-hydrogen) atoms. The van der Waals surface area contributed by atoms with Crippen LogP contribution in [0.2, 0.25) is 0 Å². The highest BCUT2D eigenvalue weighted by Crippen LogP contribution is 2.23. The summed E-state index contributed by atoms with van der Waals surface area (Å²) < 4.78 is 10.7. The Hall–Kier alpha value is -2.07. The molecule has 1 heterocycles. The third kappa shape index (κ3) is 2.95. The van der Waals surface area contributed by atoms with Gasteiger partial charge in [-0.25, -0.2) is 4.98 Å². The first-order chi connectivity index (χ1) is 8.31. The molecule has 4 heteroatoms. The predicted molar refractivity (Wildman–Crippen MR) is 63.2 cm³/mol. The van der Waals surface area contributed by atoms with Crippen molar-refractivity contribution in [2.75, 3.05) is 7.11 Å². The lowest BCUT2D eigenvalue weighted by Gasteiger charge is -2.07. The van der Waals surface area contributed by atoms with Gasteiger partial charge in [-0.05, 0) is 18.2 Å². The Morgan fingerprint density at radius 2 is 1.88 bits per heavy atom. The molecule has 0 aliphatic carbocycles. The van der Waals surface area contributed by atoms with Gasteiger partial charge >= 0.3 is 0 Å². The third-order valence-electron chi connectivity index (χ3n) is 2.21. The Balaban J connectivity index is 2.18. The number of hydrogen-bond acceptors (Lipinski definition) is 4. The van der Waals surface area contributed by atoms with Crippen LogP contribution in [0, 0.1) is 0 Å². The summed E-state index contributed by atoms with van der Waals surface area (Å²) in [5.41, 5.74) is 0.574. The first-order valence-electron chi connectivity index (χ1n) is 5.20. The van der Waals surface area contributed by atoms with E-state index in [2.05, 4.69) is 4.98 Å². The van der Waals surface area contributed by atoms with Gasteiger partial charge in [0.05, 0.1) is 19.4 Å². The minimum atomic E-state index is -0.102. The van der Waals surface area contributed by atoms with Crippen molar-refractivity contribution in [3.05, 3.63) is 48.2 Å². The van der Waals surface area contributed by atoms with E-state index >= 15 is 0 Å². The normalized spacial score (nSPS) is 10.0. The molecule has 0 amide bonds. The summed E-state index contributed by atoms with van der Waals surface area (Å²) in [5.74, 6) is 1.82. The lowest BCUT2D eigenvalue weighted by atomic mass is 10.3. The zero-order valence-corrected chi connectivity index (χ0v) is 9.46. The van der Waals surface area contributed by atoms with Gasteiger partial charge in [-0.1, -0.05) is 12.1 Å². The molecule has 0 fully saturated rings. The molecule has 1 aromatic carbocycles. The minimum absolute atomic E-state index is 0.102. The maximum absolute atomic E-state index is 8.97. The smallest absolute Gasteiger partial charge is 0.219 e. The maximum Gasteiger partial charge on any atom is 0.219 e. The molecule has 0 aliphatic heterocycles. The van der Waals surface area contributed by atoms with Crippen LogP contribution in [0.25, 0.3) is 0 Å². The van der Waals surface area contributed by atoms with Crippen molar-refractivity contribution in [1.29, 1.82) is 0 Å². The summed E-state index contributed by atoms with van der Waals surface area (Å²) in [5, 5.41) is 8.97. The number of aliphatic hydroxyl groups is 1. The van der Waals surface area contributed by atoms with Gasteiger partial charge in [0.2, 0.25) is 5.88 Å². The number of aromatic nitrogens is 1. The maximum atomic E-state index is 8.97. The molecule has 88 valence electrons. The molecule has 1 N–H and O–H groups in total. The Kier molecular flexibility index (Phi) is 3.57. The summed E-state index contributed by atoms with van der Waals surface area (Å²) in [4.78, 5) is 4.13. The number of nitrogens with zero attached hydrogens (tertiary/aromatic N) is 1. The van der Waals surface area contributed by atoms with E-state index in [1.54, 1.807) is 31.4 Å². The molecule has 1 aromatic heterocycles. The zero-order chi connectivity index (χ0) is 12.1. The van der Waals surface area contributed by atoms with Crippen molar-refractivity contribution in [2.45, 2.75) is 6.61 Å². The number of methoxy groups -OCH3 is 1. The van der Waals surface area contributed by atoms with Crippen LogP contribution in [0.1, 0.15) is 5.69 Å². The van der Waals surface area contributed by atoms with Crippen molar-refractivity contribution in [3.8, 4) is 17.4 Å². The molecule has 0 atom stereocenters. The van der Waals surface area contributed by atoms with Crippen LogP contribution in [0.5, 0.6) is 17.4 Å². The van der Waals surface area contributed by atoms with E-state index in [9.17, 15) is 0 Å². The van der Waals surface area contributed by atoms with Crippen LogP contribution in [0.15, 0.2) is 42.5 Å². The third-order valence-corrected chi connectivity index (χ3v) is 2.21.